The van der Waals surface area contributed by atoms with Gasteiger partial charge in [-0.2, -0.15) is 39.5 Å². The van der Waals surface area contributed by atoms with E-state index in [0.717, 1.165) is 24.3 Å². The molecular formula is C24H11BrF12N2O2. The first-order valence-electron chi connectivity index (χ1n) is 10.5. The second-order valence-corrected chi connectivity index (χ2v) is 9.06. The van der Waals surface area contributed by atoms with Crippen molar-refractivity contribution in [3.8, 4) is 11.1 Å². The molecule has 0 saturated heterocycles. The van der Waals surface area contributed by atoms with Crippen LogP contribution in [-0.4, -0.2) is 24.2 Å². The number of carbonyl (C=O) groups excluding carboxylic acids is 2. The van der Waals surface area contributed by atoms with Crippen LogP contribution in [-0.2, 0) is 11.8 Å². The lowest BCUT2D eigenvalue weighted by molar-refractivity contribution is -0.348. The Hall–Kier alpha value is -3.76. The van der Waals surface area contributed by atoms with Crippen molar-refractivity contribution < 1.29 is 62.3 Å². The van der Waals surface area contributed by atoms with E-state index in [9.17, 15) is 57.9 Å². The fraction of sp³-hybridized carbons (Fsp3) is 0.167. The molecular weight excluding hydrogens is 656 g/mol. The lowest BCUT2D eigenvalue weighted by Crippen LogP contribution is -2.50. The predicted molar refractivity (Wildman–Crippen MR) is 122 cm³/mol. The van der Waals surface area contributed by atoms with Crippen molar-refractivity contribution in [1.29, 1.82) is 0 Å². The highest BCUT2D eigenvalue weighted by Gasteiger charge is 2.73. The molecule has 0 radical (unpaired) electrons. The summed E-state index contributed by atoms with van der Waals surface area (Å²) < 4.78 is 164. The van der Waals surface area contributed by atoms with Gasteiger partial charge in [-0.15, -0.1) is 0 Å². The number of alkyl halides is 10. The van der Waals surface area contributed by atoms with Gasteiger partial charge in [0.25, 0.3) is 11.8 Å². The van der Waals surface area contributed by atoms with Crippen LogP contribution >= 0.6 is 15.9 Å². The van der Waals surface area contributed by atoms with Crippen molar-refractivity contribution in [3.63, 3.8) is 0 Å². The largest absolute Gasteiger partial charge is 0.435 e. The molecule has 3 aromatic carbocycles. The van der Waals surface area contributed by atoms with Crippen LogP contribution in [0.4, 0.5) is 58.4 Å². The average molecular weight is 667 g/mol. The van der Waals surface area contributed by atoms with Crippen LogP contribution in [0.15, 0.2) is 53.0 Å². The first kappa shape index (κ1) is 31.8. The van der Waals surface area contributed by atoms with Crippen molar-refractivity contribution in [1.82, 2.24) is 0 Å². The molecule has 0 bridgehead atoms. The van der Waals surface area contributed by atoms with Crippen molar-refractivity contribution >= 4 is 33.4 Å². The van der Waals surface area contributed by atoms with Gasteiger partial charge >= 0.3 is 24.2 Å². The van der Waals surface area contributed by atoms with Gasteiger partial charge in [-0.25, -0.2) is 13.2 Å². The first-order valence-corrected chi connectivity index (χ1v) is 11.3. The highest BCUT2D eigenvalue weighted by Crippen LogP contribution is 2.55. The Morgan fingerprint density at radius 3 is 1.78 bits per heavy atom. The summed E-state index contributed by atoms with van der Waals surface area (Å²) in [5.74, 6) is -5.32. The molecule has 0 unspecified atom stereocenters. The lowest BCUT2D eigenvalue weighted by atomic mass is 9.88. The van der Waals surface area contributed by atoms with Gasteiger partial charge in [-0.05, 0) is 42.5 Å². The minimum absolute atomic E-state index is 0.239. The molecule has 0 fully saturated rings. The maximum absolute atomic E-state index is 15.3. The van der Waals surface area contributed by atoms with Crippen LogP contribution in [0.25, 0.3) is 11.1 Å². The standard InChI is InChI=1S/C24H11BrF12N2O2/c25-15-8-10(21(28,23(32,33)34)24(35,36)37)7-14(22(29,30)31)16(15)12-5-6-13(19(38)40)17(27)18(12)39-20(41)9-1-3-11(26)4-2-9/h1-8H,(H2,38,40)(H,39,41). The summed E-state index contributed by atoms with van der Waals surface area (Å²) in [6.07, 6.45) is -19.3. The quantitative estimate of drug-likeness (QED) is 0.271. The van der Waals surface area contributed by atoms with Crippen LogP contribution in [0.1, 0.15) is 31.8 Å². The minimum Gasteiger partial charge on any atom is -0.366 e. The van der Waals surface area contributed by atoms with Crippen molar-refractivity contribution in [2.75, 3.05) is 5.32 Å². The van der Waals surface area contributed by atoms with Crippen molar-refractivity contribution in [2.24, 2.45) is 5.73 Å². The Labute approximate surface area is 229 Å². The molecule has 2 amide bonds. The van der Waals surface area contributed by atoms with E-state index in [-0.39, 0.29) is 11.6 Å². The fourth-order valence-corrected chi connectivity index (χ4v) is 4.35. The van der Waals surface area contributed by atoms with Crippen LogP contribution in [0, 0.1) is 11.6 Å². The van der Waals surface area contributed by atoms with Crippen LogP contribution in [0.2, 0.25) is 0 Å². The van der Waals surface area contributed by atoms with Gasteiger partial charge < -0.3 is 11.1 Å². The summed E-state index contributed by atoms with van der Waals surface area (Å²) in [6, 6.07) is 3.42. The molecule has 4 nitrogen and oxygen atoms in total. The number of nitrogens with one attached hydrogen (secondary N) is 1. The molecule has 0 heterocycles. The second-order valence-electron chi connectivity index (χ2n) is 8.21. The van der Waals surface area contributed by atoms with Crippen LogP contribution in [0.5, 0.6) is 0 Å². The van der Waals surface area contributed by atoms with Gasteiger partial charge in [0.15, 0.2) is 5.82 Å². The molecule has 0 saturated carbocycles. The molecule has 0 atom stereocenters. The second kappa shape index (κ2) is 10.6. The number of amides is 2. The summed E-state index contributed by atoms with van der Waals surface area (Å²) in [4.78, 5) is 24.3. The third-order valence-electron chi connectivity index (χ3n) is 5.60. The highest BCUT2D eigenvalue weighted by molar-refractivity contribution is 9.10. The summed E-state index contributed by atoms with van der Waals surface area (Å²) in [6.45, 7) is 0. The molecule has 41 heavy (non-hydrogen) atoms. The number of nitrogens with two attached hydrogens (primary N) is 1. The van der Waals surface area contributed by atoms with Gasteiger partial charge in [-0.3, -0.25) is 9.59 Å². The molecule has 3 rings (SSSR count). The summed E-state index contributed by atoms with van der Waals surface area (Å²) in [5.41, 5.74) is -11.0. The van der Waals surface area contributed by atoms with Crippen LogP contribution < -0.4 is 11.1 Å². The van der Waals surface area contributed by atoms with E-state index < -0.39 is 91.7 Å². The highest BCUT2D eigenvalue weighted by atomic mass is 79.9. The Morgan fingerprint density at radius 2 is 1.32 bits per heavy atom. The maximum atomic E-state index is 15.3. The number of halogens is 13. The number of rotatable bonds is 5. The Kier molecular flexibility index (Phi) is 8.19. The Bertz CT molecular complexity index is 1500. The van der Waals surface area contributed by atoms with Gasteiger partial charge in [0.1, 0.15) is 5.82 Å². The van der Waals surface area contributed by atoms with E-state index in [1.807, 2.05) is 5.32 Å². The molecule has 3 aromatic rings. The number of primary amides is 1. The zero-order valence-corrected chi connectivity index (χ0v) is 21.0. The molecule has 3 N–H and O–H groups in total. The van der Waals surface area contributed by atoms with Gasteiger partial charge in [0.05, 0.1) is 16.8 Å². The van der Waals surface area contributed by atoms with E-state index in [2.05, 4.69) is 15.9 Å². The number of hydrogen-bond donors (Lipinski definition) is 2. The van der Waals surface area contributed by atoms with Crippen LogP contribution in [0.3, 0.4) is 0 Å². The van der Waals surface area contributed by atoms with E-state index in [4.69, 9.17) is 5.73 Å². The number of carbonyl (C=O) groups is 2. The average Bonchev–Trinajstić information content (AvgIpc) is 2.82. The molecule has 220 valence electrons. The smallest absolute Gasteiger partial charge is 0.366 e. The van der Waals surface area contributed by atoms with Crippen molar-refractivity contribution in [3.05, 3.63) is 86.9 Å². The lowest BCUT2D eigenvalue weighted by Gasteiger charge is -2.31. The minimum atomic E-state index is -6.77. The zero-order chi connectivity index (χ0) is 31.3. The molecule has 0 aliphatic heterocycles. The van der Waals surface area contributed by atoms with Gasteiger partial charge in [0, 0.05) is 26.7 Å². The number of anilines is 1. The molecule has 17 heteroatoms. The summed E-state index contributed by atoms with van der Waals surface area (Å²) in [5, 5.41) is 1.84. The first-order chi connectivity index (χ1) is 18.6. The monoisotopic (exact) mass is 666 g/mol. The van der Waals surface area contributed by atoms with Gasteiger partial charge in [-0.1, -0.05) is 22.0 Å². The van der Waals surface area contributed by atoms with E-state index in [1.54, 1.807) is 0 Å². The summed E-state index contributed by atoms with van der Waals surface area (Å²) >= 11 is 2.41. The third kappa shape index (κ3) is 5.85. The summed E-state index contributed by atoms with van der Waals surface area (Å²) in [7, 11) is 0. The van der Waals surface area contributed by atoms with E-state index in [1.165, 1.54) is 0 Å². The SMILES string of the molecule is NC(=O)c1ccc(-c2c(Br)cc(C(F)(C(F)(F)F)C(F)(F)F)cc2C(F)(F)F)c(NC(=O)c2ccc(F)cc2)c1F. The maximum Gasteiger partial charge on any atom is 0.435 e. The molecule has 0 aliphatic rings. The predicted octanol–water partition coefficient (Wildman–Crippen LogP) is 8.05. The van der Waals surface area contributed by atoms with E-state index in [0.29, 0.717) is 12.1 Å². The van der Waals surface area contributed by atoms with Gasteiger partial charge in [0.2, 0.25) is 0 Å². The normalized spacial score (nSPS) is 12.8. The third-order valence-corrected chi connectivity index (χ3v) is 6.22. The Balaban J connectivity index is 2.39. The van der Waals surface area contributed by atoms with Crippen molar-refractivity contribution in [2.45, 2.75) is 24.2 Å². The zero-order valence-electron chi connectivity index (χ0n) is 19.4. The Morgan fingerprint density at radius 1 is 0.780 bits per heavy atom. The molecule has 0 spiro atoms. The fourth-order valence-electron chi connectivity index (χ4n) is 3.67. The number of hydrogen-bond acceptors (Lipinski definition) is 2. The molecule has 0 aliphatic carbocycles. The van der Waals surface area contributed by atoms with E-state index >= 15 is 4.39 Å². The topological polar surface area (TPSA) is 72.2 Å². The number of benzene rings is 3. The molecule has 0 aromatic heterocycles.